The maximum Gasteiger partial charge on any atom is 0.255 e. The van der Waals surface area contributed by atoms with E-state index in [-0.39, 0.29) is 5.56 Å². The Hall–Kier alpha value is -1.13. The molecule has 0 bridgehead atoms. The summed E-state index contributed by atoms with van der Waals surface area (Å²) in [5, 5.41) is 3.50. The van der Waals surface area contributed by atoms with Crippen molar-refractivity contribution in [1.82, 2.24) is 14.8 Å². The largest absolute Gasteiger partial charge is 0.312 e. The molecule has 0 atom stereocenters. The Morgan fingerprint density at radius 2 is 2.14 bits per heavy atom. The summed E-state index contributed by atoms with van der Waals surface area (Å²) in [6.45, 7) is 8.05. The van der Waals surface area contributed by atoms with Gasteiger partial charge in [0.25, 0.3) is 5.56 Å². The van der Waals surface area contributed by atoms with E-state index >= 15 is 0 Å². The molecule has 4 heteroatoms. The van der Waals surface area contributed by atoms with Crippen molar-refractivity contribution in [3.8, 4) is 0 Å². The first-order chi connectivity index (χ1) is 10.5. The number of likely N-dealkylation sites (N-methyl/N-ethyl adjacent to an activating group) is 1. The summed E-state index contributed by atoms with van der Waals surface area (Å²) in [4.78, 5) is 15.2. The number of fused-ring (bicyclic) bond motifs is 1. The normalized spacial score (nSPS) is 18.7. The maximum absolute atomic E-state index is 12.9. The van der Waals surface area contributed by atoms with Crippen LogP contribution in [-0.4, -0.2) is 29.1 Å². The first kappa shape index (κ1) is 15.8. The van der Waals surface area contributed by atoms with E-state index in [1.807, 2.05) is 0 Å². The molecule has 4 nitrogen and oxygen atoms in total. The number of pyridine rings is 1. The molecule has 122 valence electrons. The predicted octanol–water partition coefficient (Wildman–Crippen LogP) is 2.13. The molecule has 0 saturated heterocycles. The highest BCUT2D eigenvalue weighted by atomic mass is 16.1. The van der Waals surface area contributed by atoms with Gasteiger partial charge >= 0.3 is 0 Å². The lowest BCUT2D eigenvalue weighted by Crippen LogP contribution is -2.36. The van der Waals surface area contributed by atoms with E-state index in [1.165, 1.54) is 24.1 Å². The minimum Gasteiger partial charge on any atom is -0.312 e. The van der Waals surface area contributed by atoms with Gasteiger partial charge in [0.1, 0.15) is 0 Å². The molecular weight excluding hydrogens is 274 g/mol. The minimum atomic E-state index is 0.233. The Morgan fingerprint density at radius 1 is 1.36 bits per heavy atom. The third-order valence-corrected chi connectivity index (χ3v) is 4.82. The summed E-state index contributed by atoms with van der Waals surface area (Å²) < 4.78 is 2.08. The molecule has 1 fully saturated rings. The van der Waals surface area contributed by atoms with Crippen LogP contribution in [0.4, 0.5) is 0 Å². The summed E-state index contributed by atoms with van der Waals surface area (Å²) in [7, 11) is 2.16. The van der Waals surface area contributed by atoms with Gasteiger partial charge in [-0.05, 0) is 43.9 Å². The highest BCUT2D eigenvalue weighted by Gasteiger charge is 2.23. The van der Waals surface area contributed by atoms with Gasteiger partial charge in [-0.2, -0.15) is 0 Å². The maximum atomic E-state index is 12.9. The predicted molar refractivity (Wildman–Crippen MR) is 90.1 cm³/mol. The van der Waals surface area contributed by atoms with Crippen molar-refractivity contribution < 1.29 is 0 Å². The Morgan fingerprint density at radius 3 is 2.82 bits per heavy atom. The Bertz CT molecular complexity index is 587. The first-order valence-corrected chi connectivity index (χ1v) is 8.71. The van der Waals surface area contributed by atoms with Crippen LogP contribution in [0.2, 0.25) is 0 Å². The van der Waals surface area contributed by atoms with E-state index in [2.05, 4.69) is 41.7 Å². The number of nitrogens with zero attached hydrogens (tertiary/aromatic N) is 2. The average molecular weight is 303 g/mol. The van der Waals surface area contributed by atoms with Crippen LogP contribution in [0.5, 0.6) is 0 Å². The topological polar surface area (TPSA) is 37.3 Å². The fraction of sp³-hybridized carbons (Fsp3) is 0.722. The number of rotatable bonds is 6. The van der Waals surface area contributed by atoms with Gasteiger partial charge in [0.2, 0.25) is 0 Å². The quantitative estimate of drug-likeness (QED) is 0.875. The van der Waals surface area contributed by atoms with E-state index in [0.717, 1.165) is 44.6 Å². The van der Waals surface area contributed by atoms with Crippen molar-refractivity contribution >= 4 is 0 Å². The highest BCUT2D eigenvalue weighted by Crippen LogP contribution is 2.21. The zero-order valence-electron chi connectivity index (χ0n) is 14.2. The van der Waals surface area contributed by atoms with Crippen LogP contribution in [0.25, 0.3) is 0 Å². The molecule has 2 heterocycles. The molecule has 0 radical (unpaired) electrons. The molecule has 1 saturated carbocycles. The Balaban J connectivity index is 1.90. The van der Waals surface area contributed by atoms with Crippen molar-refractivity contribution in [2.75, 3.05) is 13.6 Å². The molecule has 3 rings (SSSR count). The average Bonchev–Trinajstić information content (AvgIpc) is 3.28. The second-order valence-corrected chi connectivity index (χ2v) is 7.42. The SMILES string of the molecule is CC(C)CCn1c2c(cc(CNC3CC3)c1=O)CN(C)CC2. The zero-order valence-corrected chi connectivity index (χ0v) is 14.2. The van der Waals surface area contributed by atoms with E-state index in [0.29, 0.717) is 12.0 Å². The molecule has 0 spiro atoms. The van der Waals surface area contributed by atoms with E-state index < -0.39 is 0 Å². The number of hydrogen-bond acceptors (Lipinski definition) is 3. The van der Waals surface area contributed by atoms with Gasteiger partial charge in [-0.1, -0.05) is 13.8 Å². The lowest BCUT2D eigenvalue weighted by Gasteiger charge is -2.28. The summed E-state index contributed by atoms with van der Waals surface area (Å²) >= 11 is 0. The van der Waals surface area contributed by atoms with Gasteiger partial charge in [-0.25, -0.2) is 0 Å². The molecule has 0 aromatic carbocycles. The summed E-state index contributed by atoms with van der Waals surface area (Å²) in [6.07, 6.45) is 4.58. The molecule has 0 unspecified atom stereocenters. The molecule has 1 aliphatic heterocycles. The molecule has 1 N–H and O–H groups in total. The second kappa shape index (κ2) is 6.55. The third-order valence-electron chi connectivity index (χ3n) is 4.82. The zero-order chi connectivity index (χ0) is 15.7. The molecule has 22 heavy (non-hydrogen) atoms. The van der Waals surface area contributed by atoms with Crippen molar-refractivity contribution in [3.63, 3.8) is 0 Å². The van der Waals surface area contributed by atoms with Gasteiger partial charge in [0.15, 0.2) is 0 Å². The van der Waals surface area contributed by atoms with E-state index in [9.17, 15) is 4.79 Å². The smallest absolute Gasteiger partial charge is 0.255 e. The van der Waals surface area contributed by atoms with Crippen molar-refractivity contribution in [3.05, 3.63) is 33.2 Å². The number of nitrogens with one attached hydrogen (secondary N) is 1. The van der Waals surface area contributed by atoms with Gasteiger partial charge in [0.05, 0.1) is 0 Å². The fourth-order valence-electron chi connectivity index (χ4n) is 3.22. The van der Waals surface area contributed by atoms with Gasteiger partial charge < -0.3 is 14.8 Å². The molecule has 1 aliphatic carbocycles. The Labute approximate surface area is 133 Å². The summed E-state index contributed by atoms with van der Waals surface area (Å²) in [6, 6.07) is 2.80. The Kier molecular flexibility index (Phi) is 4.69. The lowest BCUT2D eigenvalue weighted by molar-refractivity contribution is 0.302. The standard InChI is InChI=1S/C18H29N3O/c1-13(2)6-9-21-17-7-8-20(3)12-15(17)10-14(18(21)22)11-19-16-4-5-16/h10,13,16,19H,4-9,11-12H2,1-3H3. The monoisotopic (exact) mass is 303 g/mol. The fourth-order valence-corrected chi connectivity index (χ4v) is 3.22. The van der Waals surface area contributed by atoms with E-state index in [1.54, 1.807) is 0 Å². The minimum absolute atomic E-state index is 0.233. The van der Waals surface area contributed by atoms with Crippen LogP contribution >= 0.6 is 0 Å². The van der Waals surface area contributed by atoms with E-state index in [4.69, 9.17) is 0 Å². The second-order valence-electron chi connectivity index (χ2n) is 7.42. The third kappa shape index (κ3) is 3.61. The lowest BCUT2D eigenvalue weighted by atomic mass is 10.0. The van der Waals surface area contributed by atoms with Crippen LogP contribution in [0.15, 0.2) is 10.9 Å². The number of hydrogen-bond donors (Lipinski definition) is 1. The highest BCUT2D eigenvalue weighted by molar-refractivity contribution is 5.29. The van der Waals surface area contributed by atoms with Gasteiger partial charge in [-0.15, -0.1) is 0 Å². The molecule has 2 aliphatic rings. The number of aromatic nitrogens is 1. The first-order valence-electron chi connectivity index (χ1n) is 8.71. The molecule has 1 aromatic rings. The molecule has 0 amide bonds. The van der Waals surface area contributed by atoms with Crippen LogP contribution in [0, 0.1) is 5.92 Å². The van der Waals surface area contributed by atoms with Crippen LogP contribution in [0.3, 0.4) is 0 Å². The summed E-state index contributed by atoms with van der Waals surface area (Å²) in [5.41, 5.74) is 3.81. The van der Waals surface area contributed by atoms with Gasteiger partial charge in [-0.3, -0.25) is 4.79 Å². The van der Waals surface area contributed by atoms with Crippen LogP contribution < -0.4 is 10.9 Å². The van der Waals surface area contributed by atoms with Crippen molar-refractivity contribution in [1.29, 1.82) is 0 Å². The van der Waals surface area contributed by atoms with Crippen molar-refractivity contribution in [2.45, 2.75) is 65.2 Å². The van der Waals surface area contributed by atoms with Crippen LogP contribution in [0.1, 0.15) is 49.9 Å². The van der Waals surface area contributed by atoms with Crippen LogP contribution in [-0.2, 0) is 26.1 Å². The van der Waals surface area contributed by atoms with Gasteiger partial charge in [0, 0.05) is 49.9 Å². The summed E-state index contributed by atoms with van der Waals surface area (Å²) in [5.74, 6) is 0.627. The molecule has 1 aromatic heterocycles. The van der Waals surface area contributed by atoms with Crippen molar-refractivity contribution in [2.24, 2.45) is 5.92 Å². The molecular formula is C18H29N3O.